The molecule has 0 N–H and O–H groups in total. The highest BCUT2D eigenvalue weighted by molar-refractivity contribution is 6.36. The smallest absolute Gasteiger partial charge is 0.189 e. The highest BCUT2D eigenvalue weighted by Gasteiger charge is 2.21. The first-order chi connectivity index (χ1) is 8.20. The minimum absolute atomic E-state index is 0.0959. The number of aldehydes is 1. The molecular weight excluding hydrogens is 263 g/mol. The summed E-state index contributed by atoms with van der Waals surface area (Å²) in [7, 11) is 0. The number of carbonyl (C=O) groups excluding carboxylic acids is 1. The van der Waals surface area contributed by atoms with Crippen LogP contribution in [-0.2, 0) is 4.74 Å². The molecule has 0 aromatic heterocycles. The predicted molar refractivity (Wildman–Crippen MR) is 66.0 cm³/mol. The topological polar surface area (TPSA) is 35.5 Å². The lowest BCUT2D eigenvalue weighted by atomic mass is 10.2. The molecule has 1 saturated carbocycles. The number of benzene rings is 1. The Morgan fingerprint density at radius 3 is 2.76 bits per heavy atom. The maximum absolute atomic E-state index is 10.8. The summed E-state index contributed by atoms with van der Waals surface area (Å²) in [6.45, 7) is 0.792. The Labute approximate surface area is 110 Å². The van der Waals surface area contributed by atoms with Gasteiger partial charge >= 0.3 is 0 Å². The van der Waals surface area contributed by atoms with Gasteiger partial charge in [-0.05, 0) is 30.9 Å². The second kappa shape index (κ2) is 5.71. The van der Waals surface area contributed by atoms with E-state index in [4.69, 9.17) is 32.7 Å². The molecule has 2 rings (SSSR count). The van der Waals surface area contributed by atoms with Gasteiger partial charge < -0.3 is 9.47 Å². The highest BCUT2D eigenvalue weighted by Crippen LogP contribution is 2.32. The number of hydrogen-bond acceptors (Lipinski definition) is 3. The van der Waals surface area contributed by atoms with Gasteiger partial charge in [0.1, 0.15) is 0 Å². The van der Waals surface area contributed by atoms with Crippen LogP contribution >= 0.6 is 23.2 Å². The molecule has 0 heterocycles. The molecule has 1 aliphatic carbocycles. The molecule has 1 fully saturated rings. The molecule has 0 atom stereocenters. The molecule has 0 aliphatic heterocycles. The van der Waals surface area contributed by atoms with Crippen molar-refractivity contribution in [3.63, 3.8) is 0 Å². The quantitative estimate of drug-likeness (QED) is 0.452. The van der Waals surface area contributed by atoms with Gasteiger partial charge in [-0.2, -0.15) is 0 Å². The molecule has 0 spiro atoms. The largest absolute Gasteiger partial charge is 0.465 e. The van der Waals surface area contributed by atoms with Crippen molar-refractivity contribution in [1.29, 1.82) is 0 Å². The van der Waals surface area contributed by atoms with E-state index in [2.05, 4.69) is 0 Å². The van der Waals surface area contributed by atoms with E-state index in [1.54, 1.807) is 0 Å². The number of halogens is 2. The molecule has 0 bridgehead atoms. The van der Waals surface area contributed by atoms with E-state index < -0.39 is 0 Å². The summed E-state index contributed by atoms with van der Waals surface area (Å²) in [5, 5.41) is 0.720. The summed E-state index contributed by atoms with van der Waals surface area (Å²) in [4.78, 5) is 10.8. The van der Waals surface area contributed by atoms with Crippen LogP contribution in [0.5, 0.6) is 5.75 Å². The lowest BCUT2D eigenvalue weighted by Gasteiger charge is -2.10. The molecular formula is C12H12Cl2O3. The molecule has 1 aromatic carbocycles. The van der Waals surface area contributed by atoms with Crippen molar-refractivity contribution < 1.29 is 14.3 Å². The lowest BCUT2D eigenvalue weighted by molar-refractivity contribution is 0.00975. The Kier molecular flexibility index (Phi) is 4.26. The van der Waals surface area contributed by atoms with Crippen molar-refractivity contribution in [2.45, 2.75) is 12.8 Å². The molecule has 1 aromatic rings. The van der Waals surface area contributed by atoms with Gasteiger partial charge in [-0.3, -0.25) is 4.79 Å². The van der Waals surface area contributed by atoms with E-state index in [9.17, 15) is 4.79 Å². The zero-order valence-corrected chi connectivity index (χ0v) is 10.6. The summed E-state index contributed by atoms with van der Waals surface area (Å²) >= 11 is 11.7. The SMILES string of the molecule is O=Cc1cc(Cl)cc(Cl)c1OCOCC1CC1. The molecule has 5 heteroatoms. The van der Waals surface area contributed by atoms with Crippen LogP contribution in [0.3, 0.4) is 0 Å². The van der Waals surface area contributed by atoms with Crippen LogP contribution in [0.15, 0.2) is 12.1 Å². The fraction of sp³-hybridized carbons (Fsp3) is 0.417. The Bertz CT molecular complexity index is 416. The summed E-state index contributed by atoms with van der Waals surface area (Å²) < 4.78 is 10.7. The number of ether oxygens (including phenoxy) is 2. The Balaban J connectivity index is 1.95. The first-order valence-electron chi connectivity index (χ1n) is 5.35. The van der Waals surface area contributed by atoms with Gasteiger partial charge in [0.05, 0.1) is 17.2 Å². The zero-order valence-electron chi connectivity index (χ0n) is 9.12. The monoisotopic (exact) mass is 274 g/mol. The van der Waals surface area contributed by atoms with E-state index in [0.717, 1.165) is 0 Å². The van der Waals surface area contributed by atoms with Crippen LogP contribution in [0.2, 0.25) is 10.0 Å². The average Bonchev–Trinajstić information content (AvgIpc) is 3.09. The van der Waals surface area contributed by atoms with Crippen molar-refractivity contribution in [2.24, 2.45) is 5.92 Å². The third-order valence-corrected chi connectivity index (χ3v) is 3.00. The lowest BCUT2D eigenvalue weighted by Crippen LogP contribution is -2.06. The van der Waals surface area contributed by atoms with E-state index in [0.29, 0.717) is 40.2 Å². The minimum Gasteiger partial charge on any atom is -0.465 e. The zero-order chi connectivity index (χ0) is 12.3. The van der Waals surface area contributed by atoms with E-state index in [-0.39, 0.29) is 6.79 Å². The normalized spacial score (nSPS) is 14.7. The summed E-state index contributed by atoms with van der Waals surface area (Å²) in [5.74, 6) is 0.992. The van der Waals surface area contributed by atoms with Gasteiger partial charge in [0.15, 0.2) is 18.8 Å². The van der Waals surface area contributed by atoms with Crippen LogP contribution in [0, 0.1) is 5.92 Å². The van der Waals surface area contributed by atoms with Gasteiger partial charge in [0, 0.05) is 5.02 Å². The molecule has 92 valence electrons. The van der Waals surface area contributed by atoms with Gasteiger partial charge in [-0.1, -0.05) is 23.2 Å². The van der Waals surface area contributed by atoms with Crippen LogP contribution in [0.4, 0.5) is 0 Å². The molecule has 17 heavy (non-hydrogen) atoms. The second-order valence-electron chi connectivity index (χ2n) is 4.00. The maximum atomic E-state index is 10.8. The van der Waals surface area contributed by atoms with Gasteiger partial charge in [0.2, 0.25) is 0 Å². The molecule has 3 nitrogen and oxygen atoms in total. The van der Waals surface area contributed by atoms with Crippen molar-refractivity contribution in [3.8, 4) is 5.75 Å². The van der Waals surface area contributed by atoms with E-state index in [1.807, 2.05) is 0 Å². The Hall–Kier alpha value is -0.770. The first-order valence-corrected chi connectivity index (χ1v) is 6.11. The van der Waals surface area contributed by atoms with E-state index >= 15 is 0 Å². The van der Waals surface area contributed by atoms with Crippen LogP contribution < -0.4 is 4.74 Å². The van der Waals surface area contributed by atoms with Crippen LogP contribution in [0.1, 0.15) is 23.2 Å². The minimum atomic E-state index is 0.0959. The van der Waals surface area contributed by atoms with Crippen molar-refractivity contribution in [3.05, 3.63) is 27.7 Å². The maximum Gasteiger partial charge on any atom is 0.189 e. The molecule has 0 saturated heterocycles. The van der Waals surface area contributed by atoms with Crippen LogP contribution in [0.25, 0.3) is 0 Å². The predicted octanol–water partition coefficient (Wildman–Crippen LogP) is 3.57. The van der Waals surface area contributed by atoms with Crippen LogP contribution in [-0.4, -0.2) is 19.7 Å². The number of hydrogen-bond donors (Lipinski definition) is 0. The van der Waals surface area contributed by atoms with Gasteiger partial charge in [-0.25, -0.2) is 0 Å². The Morgan fingerprint density at radius 2 is 2.12 bits per heavy atom. The highest BCUT2D eigenvalue weighted by atomic mass is 35.5. The second-order valence-corrected chi connectivity index (χ2v) is 4.84. The van der Waals surface area contributed by atoms with Gasteiger partial charge in [-0.15, -0.1) is 0 Å². The Morgan fingerprint density at radius 1 is 1.35 bits per heavy atom. The number of rotatable bonds is 6. The number of carbonyl (C=O) groups is 1. The van der Waals surface area contributed by atoms with E-state index in [1.165, 1.54) is 25.0 Å². The van der Waals surface area contributed by atoms with Crippen molar-refractivity contribution in [2.75, 3.05) is 13.4 Å². The third kappa shape index (κ3) is 3.60. The first kappa shape index (κ1) is 12.7. The van der Waals surface area contributed by atoms with Crippen molar-refractivity contribution >= 4 is 29.5 Å². The molecule has 0 radical (unpaired) electrons. The standard InChI is InChI=1S/C12H12Cl2O3/c13-10-3-9(5-15)12(11(14)4-10)17-7-16-6-8-1-2-8/h3-5,8H,1-2,6-7H2. The summed E-state index contributed by atoms with van der Waals surface area (Å²) in [6.07, 6.45) is 3.11. The summed E-state index contributed by atoms with van der Waals surface area (Å²) in [5.41, 5.74) is 0.331. The molecule has 1 aliphatic rings. The fourth-order valence-corrected chi connectivity index (χ4v) is 1.98. The summed E-state index contributed by atoms with van der Waals surface area (Å²) in [6, 6.07) is 3.04. The van der Waals surface area contributed by atoms with Crippen molar-refractivity contribution in [1.82, 2.24) is 0 Å². The average molecular weight is 275 g/mol. The molecule has 0 amide bonds. The molecule has 0 unspecified atom stereocenters. The third-order valence-electron chi connectivity index (χ3n) is 2.50. The fourth-order valence-electron chi connectivity index (χ4n) is 1.42. The van der Waals surface area contributed by atoms with Gasteiger partial charge in [0.25, 0.3) is 0 Å².